The van der Waals surface area contributed by atoms with Gasteiger partial charge in [-0.2, -0.15) is 0 Å². The number of piperidine rings is 2. The van der Waals surface area contributed by atoms with Gasteiger partial charge >= 0.3 is 0 Å². The Kier molecular flexibility index (Phi) is 4.57. The van der Waals surface area contributed by atoms with E-state index in [1.807, 2.05) is 12.1 Å². The van der Waals surface area contributed by atoms with Gasteiger partial charge in [-0.15, -0.1) is 0 Å². The number of nitrogens with two attached hydrogens (primary N) is 1. The number of hydrogen-bond donors (Lipinski definition) is 1. The molecule has 21 heavy (non-hydrogen) atoms. The fourth-order valence-corrected chi connectivity index (χ4v) is 3.96. The Hall–Kier alpha value is -0.970. The van der Waals surface area contributed by atoms with E-state index in [2.05, 4.69) is 16.8 Å². The summed E-state index contributed by atoms with van der Waals surface area (Å²) in [7, 11) is 2.25. The van der Waals surface area contributed by atoms with Crippen LogP contribution >= 0.6 is 0 Å². The summed E-state index contributed by atoms with van der Waals surface area (Å²) in [6, 6.07) is 6.16. The van der Waals surface area contributed by atoms with Gasteiger partial charge in [0.15, 0.2) is 0 Å². The van der Waals surface area contributed by atoms with E-state index in [1.165, 1.54) is 25.8 Å². The second-order valence-corrected chi connectivity index (χ2v) is 6.60. The average molecular weight is 291 g/mol. The zero-order chi connectivity index (χ0) is 14.8. The fourth-order valence-electron chi connectivity index (χ4n) is 3.96. The summed E-state index contributed by atoms with van der Waals surface area (Å²) in [5, 5.41) is 0. The van der Waals surface area contributed by atoms with E-state index in [1.54, 1.807) is 6.07 Å². The number of hydrogen-bond acceptors (Lipinski definition) is 3. The van der Waals surface area contributed by atoms with Gasteiger partial charge in [0.25, 0.3) is 0 Å². The van der Waals surface area contributed by atoms with Crippen molar-refractivity contribution in [3.8, 4) is 0 Å². The molecule has 2 heterocycles. The van der Waals surface area contributed by atoms with E-state index in [9.17, 15) is 4.39 Å². The Balaban J connectivity index is 1.64. The Bertz CT molecular complexity index is 491. The molecule has 0 aliphatic carbocycles. The summed E-state index contributed by atoms with van der Waals surface area (Å²) < 4.78 is 14.1. The third kappa shape index (κ3) is 3.28. The zero-order valence-corrected chi connectivity index (χ0v) is 12.9. The predicted molar refractivity (Wildman–Crippen MR) is 83.3 cm³/mol. The minimum Gasteiger partial charge on any atom is -0.326 e. The molecule has 0 aromatic heterocycles. The first-order valence-electron chi connectivity index (χ1n) is 8.07. The summed E-state index contributed by atoms with van der Waals surface area (Å²) in [4.78, 5) is 4.93. The summed E-state index contributed by atoms with van der Waals surface area (Å²) in [6.07, 6.45) is 3.83. The highest BCUT2D eigenvalue weighted by Crippen LogP contribution is 2.30. The van der Waals surface area contributed by atoms with Crippen molar-refractivity contribution in [2.24, 2.45) is 11.7 Å². The summed E-state index contributed by atoms with van der Waals surface area (Å²) in [5.74, 6) is 0.643. The van der Waals surface area contributed by atoms with Crippen LogP contribution in [0.15, 0.2) is 18.2 Å². The van der Waals surface area contributed by atoms with E-state index in [0.717, 1.165) is 42.7 Å². The third-order valence-corrected chi connectivity index (χ3v) is 5.18. The smallest absolute Gasteiger partial charge is 0.128 e. The molecule has 2 aliphatic rings. The first-order valence-corrected chi connectivity index (χ1v) is 8.07. The Labute approximate surface area is 126 Å². The minimum atomic E-state index is -0.110. The standard InChI is InChI=1S/C17H26FN3/c1-20-7-2-3-15-12-21(8-6-17(15)20)11-14-5-4-13(10-19)9-16(14)18/h4-5,9,15,17H,2-3,6-8,10-12,19H2,1H3. The van der Waals surface area contributed by atoms with Gasteiger partial charge in [0.2, 0.25) is 0 Å². The molecule has 3 rings (SSSR count). The first kappa shape index (κ1) is 14.9. The lowest BCUT2D eigenvalue weighted by molar-refractivity contribution is 0.0351. The number of halogens is 1. The van der Waals surface area contributed by atoms with Crippen LogP contribution in [-0.2, 0) is 13.1 Å². The maximum absolute atomic E-state index is 14.1. The van der Waals surface area contributed by atoms with Crippen molar-refractivity contribution in [2.75, 3.05) is 26.7 Å². The quantitative estimate of drug-likeness (QED) is 0.926. The molecule has 2 fully saturated rings. The summed E-state index contributed by atoms with van der Waals surface area (Å²) >= 11 is 0. The van der Waals surface area contributed by atoms with Gasteiger partial charge in [-0.1, -0.05) is 12.1 Å². The molecule has 2 unspecified atom stereocenters. The van der Waals surface area contributed by atoms with Crippen molar-refractivity contribution in [2.45, 2.75) is 38.4 Å². The van der Waals surface area contributed by atoms with Gasteiger partial charge in [-0.05, 0) is 56.9 Å². The van der Waals surface area contributed by atoms with Crippen LogP contribution in [-0.4, -0.2) is 42.5 Å². The molecule has 0 amide bonds. The lowest BCUT2D eigenvalue weighted by Gasteiger charge is -2.46. The van der Waals surface area contributed by atoms with Gasteiger partial charge in [0, 0.05) is 31.2 Å². The molecular weight excluding hydrogens is 265 g/mol. The molecule has 3 nitrogen and oxygen atoms in total. The summed E-state index contributed by atoms with van der Waals surface area (Å²) in [5.41, 5.74) is 7.22. The van der Waals surface area contributed by atoms with Crippen LogP contribution in [0.4, 0.5) is 4.39 Å². The van der Waals surface area contributed by atoms with E-state index in [-0.39, 0.29) is 5.82 Å². The first-order chi connectivity index (χ1) is 10.2. The van der Waals surface area contributed by atoms with Crippen LogP contribution in [0.5, 0.6) is 0 Å². The van der Waals surface area contributed by atoms with Crippen LogP contribution in [0.2, 0.25) is 0 Å². The van der Waals surface area contributed by atoms with Gasteiger partial charge in [0.05, 0.1) is 0 Å². The SMILES string of the molecule is CN1CCCC2CN(Cc3ccc(CN)cc3F)CCC21. The zero-order valence-electron chi connectivity index (χ0n) is 12.9. The average Bonchev–Trinajstić information content (AvgIpc) is 2.49. The highest BCUT2D eigenvalue weighted by molar-refractivity contribution is 5.24. The molecule has 0 spiro atoms. The van der Waals surface area contributed by atoms with Crippen molar-refractivity contribution < 1.29 is 4.39 Å². The van der Waals surface area contributed by atoms with Crippen molar-refractivity contribution >= 4 is 0 Å². The molecule has 0 bridgehead atoms. The van der Waals surface area contributed by atoms with E-state index < -0.39 is 0 Å². The second-order valence-electron chi connectivity index (χ2n) is 6.60. The van der Waals surface area contributed by atoms with Gasteiger partial charge in [0.1, 0.15) is 5.82 Å². The molecule has 2 N–H and O–H groups in total. The van der Waals surface area contributed by atoms with Crippen molar-refractivity contribution in [3.63, 3.8) is 0 Å². The highest BCUT2D eigenvalue weighted by Gasteiger charge is 2.34. The van der Waals surface area contributed by atoms with Crippen LogP contribution in [0.25, 0.3) is 0 Å². The van der Waals surface area contributed by atoms with Crippen LogP contribution in [0, 0.1) is 11.7 Å². The number of benzene rings is 1. The normalized spacial score (nSPS) is 27.6. The fraction of sp³-hybridized carbons (Fsp3) is 0.647. The van der Waals surface area contributed by atoms with Crippen LogP contribution < -0.4 is 5.73 Å². The molecule has 2 saturated heterocycles. The Morgan fingerprint density at radius 1 is 1.29 bits per heavy atom. The van der Waals surface area contributed by atoms with Crippen molar-refractivity contribution in [1.29, 1.82) is 0 Å². The third-order valence-electron chi connectivity index (χ3n) is 5.18. The lowest BCUT2D eigenvalue weighted by Crippen LogP contribution is -2.52. The van der Waals surface area contributed by atoms with Crippen molar-refractivity contribution in [1.82, 2.24) is 9.80 Å². The van der Waals surface area contributed by atoms with Gasteiger partial charge < -0.3 is 10.6 Å². The molecule has 0 saturated carbocycles. The second kappa shape index (κ2) is 6.42. The molecule has 1 aromatic carbocycles. The highest BCUT2D eigenvalue weighted by atomic mass is 19.1. The topological polar surface area (TPSA) is 32.5 Å². The van der Waals surface area contributed by atoms with E-state index in [4.69, 9.17) is 5.73 Å². The van der Waals surface area contributed by atoms with Crippen LogP contribution in [0.3, 0.4) is 0 Å². The monoisotopic (exact) mass is 291 g/mol. The van der Waals surface area contributed by atoms with E-state index >= 15 is 0 Å². The molecular formula is C17H26FN3. The van der Waals surface area contributed by atoms with E-state index in [0.29, 0.717) is 6.54 Å². The number of fused-ring (bicyclic) bond motifs is 1. The lowest BCUT2D eigenvalue weighted by atomic mass is 9.84. The van der Waals surface area contributed by atoms with Gasteiger partial charge in [-0.25, -0.2) is 4.39 Å². The largest absolute Gasteiger partial charge is 0.326 e. The number of likely N-dealkylation sites (tertiary alicyclic amines) is 2. The summed E-state index contributed by atoms with van der Waals surface area (Å²) in [6.45, 7) is 4.54. The van der Waals surface area contributed by atoms with Gasteiger partial charge in [-0.3, -0.25) is 4.90 Å². The van der Waals surface area contributed by atoms with Crippen molar-refractivity contribution in [3.05, 3.63) is 35.1 Å². The molecule has 2 atom stereocenters. The molecule has 4 heteroatoms. The molecule has 1 aromatic rings. The van der Waals surface area contributed by atoms with Crippen LogP contribution in [0.1, 0.15) is 30.4 Å². The number of rotatable bonds is 3. The Morgan fingerprint density at radius 3 is 2.90 bits per heavy atom. The maximum Gasteiger partial charge on any atom is 0.128 e. The molecule has 2 aliphatic heterocycles. The minimum absolute atomic E-state index is 0.110. The maximum atomic E-state index is 14.1. The number of nitrogens with zero attached hydrogens (tertiary/aromatic N) is 2. The Morgan fingerprint density at radius 2 is 2.14 bits per heavy atom. The molecule has 0 radical (unpaired) electrons. The molecule has 116 valence electrons. The predicted octanol–water partition coefficient (Wildman–Crippen LogP) is 2.20.